The lowest BCUT2D eigenvalue weighted by atomic mass is 10.3. The number of primary amides is 1. The topological polar surface area (TPSA) is 73.1 Å². The highest BCUT2D eigenvalue weighted by Crippen LogP contribution is 2.24. The Hall–Kier alpha value is -1.44. The molecule has 1 heterocycles. The molecule has 14 heavy (non-hydrogen) atoms. The maximum atomic E-state index is 11.9. The van der Waals surface area contributed by atoms with Crippen molar-refractivity contribution in [2.24, 2.45) is 5.73 Å². The largest absolute Gasteiger partial charge is 0.455 e. The van der Waals surface area contributed by atoms with Crippen LogP contribution in [0.5, 0.6) is 0 Å². The number of Topliss-reactive ketones (excluding diaryl/α,β-unsaturated/α-hetero) is 1. The van der Waals surface area contributed by atoms with Crippen LogP contribution in [-0.4, -0.2) is 22.9 Å². The third-order valence-electron chi connectivity index (χ3n) is 1.20. The fourth-order valence-corrected chi connectivity index (χ4v) is 1.36. The highest BCUT2D eigenvalue weighted by Gasteiger charge is 2.40. The summed E-state index contributed by atoms with van der Waals surface area (Å²) in [6, 6.07) is 0. The molecule has 2 N–H and O–H groups in total. The number of rotatable bonds is 2. The standard InChI is InChI=1S/C6H3F3N2O2S/c7-6(8,9)3(12)2-1-11-5(14-2)4(10)13/h1H,(H2,10,13). The number of ketones is 1. The van der Waals surface area contributed by atoms with Crippen molar-refractivity contribution < 1.29 is 22.8 Å². The van der Waals surface area contributed by atoms with Crippen molar-refractivity contribution in [3.63, 3.8) is 0 Å². The van der Waals surface area contributed by atoms with E-state index < -0.39 is 22.7 Å². The van der Waals surface area contributed by atoms with Gasteiger partial charge in [-0.25, -0.2) is 4.98 Å². The van der Waals surface area contributed by atoms with Gasteiger partial charge in [-0.3, -0.25) is 9.59 Å². The lowest BCUT2D eigenvalue weighted by molar-refractivity contribution is -0.0882. The van der Waals surface area contributed by atoms with Gasteiger partial charge < -0.3 is 5.73 Å². The van der Waals surface area contributed by atoms with Crippen molar-refractivity contribution in [3.8, 4) is 0 Å². The van der Waals surface area contributed by atoms with Crippen LogP contribution in [0.2, 0.25) is 0 Å². The Morgan fingerprint density at radius 1 is 1.43 bits per heavy atom. The Morgan fingerprint density at radius 3 is 2.36 bits per heavy atom. The number of nitrogens with two attached hydrogens (primary N) is 1. The maximum Gasteiger partial charge on any atom is 0.455 e. The molecule has 1 aromatic rings. The molecule has 0 aliphatic heterocycles. The van der Waals surface area contributed by atoms with E-state index in [4.69, 9.17) is 5.73 Å². The summed E-state index contributed by atoms with van der Waals surface area (Å²) in [6.07, 6.45) is -4.28. The van der Waals surface area contributed by atoms with E-state index in [-0.39, 0.29) is 5.01 Å². The van der Waals surface area contributed by atoms with Gasteiger partial charge in [-0.1, -0.05) is 0 Å². The first-order chi connectivity index (χ1) is 6.32. The average Bonchev–Trinajstić information content (AvgIpc) is 2.48. The monoisotopic (exact) mass is 224 g/mol. The molecule has 1 aromatic heterocycles. The summed E-state index contributed by atoms with van der Waals surface area (Å²) in [5.41, 5.74) is 4.75. The quantitative estimate of drug-likeness (QED) is 0.761. The summed E-state index contributed by atoms with van der Waals surface area (Å²) in [5.74, 6) is -2.99. The second-order valence-electron chi connectivity index (χ2n) is 2.22. The number of alkyl halides is 3. The third-order valence-corrected chi connectivity index (χ3v) is 2.21. The van der Waals surface area contributed by atoms with Crippen LogP contribution in [-0.2, 0) is 0 Å². The van der Waals surface area contributed by atoms with E-state index in [2.05, 4.69) is 4.98 Å². The number of carbonyl (C=O) groups is 2. The third kappa shape index (κ3) is 2.08. The van der Waals surface area contributed by atoms with Gasteiger partial charge in [0.15, 0.2) is 5.01 Å². The summed E-state index contributed by atoms with van der Waals surface area (Å²) in [4.78, 5) is 23.7. The van der Waals surface area contributed by atoms with Crippen molar-refractivity contribution in [1.82, 2.24) is 4.98 Å². The Balaban J connectivity index is 2.99. The van der Waals surface area contributed by atoms with E-state index in [0.29, 0.717) is 17.5 Å². The van der Waals surface area contributed by atoms with Crippen LogP contribution in [0.15, 0.2) is 6.20 Å². The first-order valence-corrected chi connectivity index (χ1v) is 4.01. The van der Waals surface area contributed by atoms with E-state index >= 15 is 0 Å². The van der Waals surface area contributed by atoms with Gasteiger partial charge in [0.25, 0.3) is 11.7 Å². The molecule has 0 fully saturated rings. The Labute approximate surface area is 79.5 Å². The minimum absolute atomic E-state index is 0.321. The SMILES string of the molecule is NC(=O)c1ncc(C(=O)C(F)(F)F)s1. The maximum absolute atomic E-state index is 11.9. The van der Waals surface area contributed by atoms with Crippen LogP contribution in [0.4, 0.5) is 13.2 Å². The summed E-state index contributed by atoms with van der Waals surface area (Å²) < 4.78 is 35.6. The van der Waals surface area contributed by atoms with Gasteiger partial charge in [-0.15, -0.1) is 11.3 Å². The van der Waals surface area contributed by atoms with Crippen molar-refractivity contribution in [1.29, 1.82) is 0 Å². The molecule has 0 aliphatic carbocycles. The van der Waals surface area contributed by atoms with Crippen LogP contribution in [0.25, 0.3) is 0 Å². The molecule has 4 nitrogen and oxygen atoms in total. The molecule has 76 valence electrons. The van der Waals surface area contributed by atoms with Crippen molar-refractivity contribution in [2.75, 3.05) is 0 Å². The number of carbonyl (C=O) groups excluding carboxylic acids is 2. The number of hydrogen-bond donors (Lipinski definition) is 1. The normalized spacial score (nSPS) is 11.4. The van der Waals surface area contributed by atoms with Crippen LogP contribution >= 0.6 is 11.3 Å². The van der Waals surface area contributed by atoms with Gasteiger partial charge in [-0.05, 0) is 0 Å². The fraction of sp³-hybridized carbons (Fsp3) is 0.167. The lowest BCUT2D eigenvalue weighted by Gasteiger charge is -2.00. The molecule has 0 saturated heterocycles. The first-order valence-electron chi connectivity index (χ1n) is 3.19. The summed E-state index contributed by atoms with van der Waals surface area (Å²) >= 11 is 0.321. The van der Waals surface area contributed by atoms with Crippen molar-refractivity contribution in [2.45, 2.75) is 6.18 Å². The van der Waals surface area contributed by atoms with Gasteiger partial charge in [0.2, 0.25) is 0 Å². The number of nitrogens with zero attached hydrogens (tertiary/aromatic N) is 1. The Bertz CT molecular complexity index is 385. The zero-order valence-electron chi connectivity index (χ0n) is 6.46. The Kier molecular flexibility index (Phi) is 2.56. The summed E-state index contributed by atoms with van der Waals surface area (Å²) in [6.45, 7) is 0. The second-order valence-corrected chi connectivity index (χ2v) is 3.25. The number of aromatic nitrogens is 1. The van der Waals surface area contributed by atoms with E-state index in [1.165, 1.54) is 0 Å². The number of amides is 1. The Morgan fingerprint density at radius 2 is 2.00 bits per heavy atom. The molecule has 0 spiro atoms. The summed E-state index contributed by atoms with van der Waals surface area (Å²) in [7, 11) is 0. The highest BCUT2D eigenvalue weighted by molar-refractivity contribution is 7.15. The smallest absolute Gasteiger partial charge is 0.364 e. The van der Waals surface area contributed by atoms with Gasteiger partial charge in [-0.2, -0.15) is 13.2 Å². The van der Waals surface area contributed by atoms with Crippen LogP contribution in [0.1, 0.15) is 19.5 Å². The van der Waals surface area contributed by atoms with Crippen LogP contribution in [0.3, 0.4) is 0 Å². The van der Waals surface area contributed by atoms with Crippen LogP contribution in [0, 0.1) is 0 Å². The molecular formula is C6H3F3N2O2S. The molecular weight excluding hydrogens is 221 g/mol. The number of thiazole rings is 1. The molecule has 0 saturated carbocycles. The minimum Gasteiger partial charge on any atom is -0.364 e. The first kappa shape index (κ1) is 10.6. The fourth-order valence-electron chi connectivity index (χ4n) is 0.633. The predicted octanol–water partition coefficient (Wildman–Crippen LogP) is 0.987. The van der Waals surface area contributed by atoms with E-state index in [9.17, 15) is 22.8 Å². The molecule has 8 heteroatoms. The second kappa shape index (κ2) is 3.37. The highest BCUT2D eigenvalue weighted by atomic mass is 32.1. The molecule has 0 radical (unpaired) electrons. The van der Waals surface area contributed by atoms with Gasteiger partial charge in [0, 0.05) is 0 Å². The van der Waals surface area contributed by atoms with Gasteiger partial charge in [0.1, 0.15) is 4.88 Å². The molecule has 1 rings (SSSR count). The average molecular weight is 224 g/mol. The van der Waals surface area contributed by atoms with E-state index in [1.807, 2.05) is 0 Å². The van der Waals surface area contributed by atoms with Gasteiger partial charge >= 0.3 is 6.18 Å². The van der Waals surface area contributed by atoms with E-state index in [1.54, 1.807) is 0 Å². The van der Waals surface area contributed by atoms with Crippen LogP contribution < -0.4 is 5.73 Å². The number of halogens is 3. The molecule has 0 aromatic carbocycles. The molecule has 0 aliphatic rings. The molecule has 1 amide bonds. The molecule has 0 atom stereocenters. The van der Waals surface area contributed by atoms with Crippen molar-refractivity contribution >= 4 is 23.0 Å². The van der Waals surface area contributed by atoms with Gasteiger partial charge in [0.05, 0.1) is 6.20 Å². The molecule has 0 bridgehead atoms. The molecule has 0 unspecified atom stereocenters. The predicted molar refractivity (Wildman–Crippen MR) is 41.0 cm³/mol. The van der Waals surface area contributed by atoms with Crippen molar-refractivity contribution in [3.05, 3.63) is 16.1 Å². The van der Waals surface area contributed by atoms with E-state index in [0.717, 1.165) is 0 Å². The number of hydrogen-bond acceptors (Lipinski definition) is 4. The lowest BCUT2D eigenvalue weighted by Crippen LogP contribution is -2.21. The summed E-state index contributed by atoms with van der Waals surface area (Å²) in [5, 5.41) is -0.322. The zero-order chi connectivity index (χ0) is 10.9. The zero-order valence-corrected chi connectivity index (χ0v) is 7.28. The minimum atomic E-state index is -4.96.